The van der Waals surface area contributed by atoms with E-state index >= 15 is 0 Å². The zero-order valence-electron chi connectivity index (χ0n) is 81.5. The van der Waals surface area contributed by atoms with Crippen LogP contribution in [0, 0.1) is 134 Å². The predicted octanol–water partition coefficient (Wildman–Crippen LogP) is 15.9. The molecule has 20 aliphatic carbocycles. The highest BCUT2D eigenvalue weighted by Gasteiger charge is 2.65. The molecule has 22 atom stereocenters. The van der Waals surface area contributed by atoms with Crippen molar-refractivity contribution in [3.05, 3.63) is 0 Å². The van der Waals surface area contributed by atoms with Crippen LogP contribution in [0.4, 0.5) is 70.2 Å². The summed E-state index contributed by atoms with van der Waals surface area (Å²) in [6, 6.07) is 0. The minimum atomic E-state index is -3.50. The highest BCUT2D eigenvalue weighted by atomic mass is 19.3. The molecule has 20 rings (SSSR count). The number of rotatable bonds is 28. The maximum Gasteiger partial charge on any atom is 0.376 e. The zero-order chi connectivity index (χ0) is 104. The molecule has 22 unspecified atom stereocenters. The van der Waals surface area contributed by atoms with Crippen LogP contribution < -0.4 is 0 Å². The van der Waals surface area contributed by atoms with Crippen molar-refractivity contribution in [2.24, 2.45) is 134 Å². The van der Waals surface area contributed by atoms with Crippen molar-refractivity contribution in [2.75, 3.05) is 79.3 Å². The second kappa shape index (κ2) is 45.5. The van der Waals surface area contributed by atoms with Gasteiger partial charge in [-0.3, -0.25) is 0 Å². The number of ether oxygens (including phenoxy) is 8. The number of carbonyl (C=O) groups is 8. The number of hydrogen-bond acceptors (Lipinski definition) is 25. The molecule has 140 heavy (non-hydrogen) atoms. The lowest BCUT2D eigenvalue weighted by molar-refractivity contribution is -0.242. The Bertz CT molecular complexity index is 4060. The second-order valence-corrected chi connectivity index (χ2v) is 46.6. The summed E-state index contributed by atoms with van der Waals surface area (Å²) in [5.41, 5.74) is -3.56. The third-order valence-electron chi connectivity index (χ3n) is 33.3. The first-order chi connectivity index (χ1) is 64.6. The Morgan fingerprint density at radius 2 is 0.643 bits per heavy atom. The van der Waals surface area contributed by atoms with Crippen LogP contribution in [0.5, 0.6) is 0 Å². The van der Waals surface area contributed by atoms with Crippen molar-refractivity contribution in [1.82, 2.24) is 0 Å². The average Bonchev–Trinajstić information content (AvgIpc) is 1.11. The molecule has 9 N–H and O–H groups in total. The topological polar surface area (TPSA) is 392 Å². The minimum Gasteiger partial charge on any atom is -0.461 e. The summed E-state index contributed by atoms with van der Waals surface area (Å²) in [5.74, 6) is -34.0. The van der Waals surface area contributed by atoms with Gasteiger partial charge in [-0.2, -0.15) is 70.2 Å². The molecule has 20 aliphatic rings. The van der Waals surface area contributed by atoms with E-state index in [-0.39, 0.29) is 173 Å². The maximum absolute atomic E-state index is 12.9. The molecular weight excluding hydrogens is 1890 g/mol. The molecule has 806 valence electrons. The van der Waals surface area contributed by atoms with Gasteiger partial charge in [0, 0.05) is 110 Å². The lowest BCUT2D eigenvalue weighted by atomic mass is 9.44. The van der Waals surface area contributed by atoms with Crippen LogP contribution in [0.25, 0.3) is 0 Å². The molecule has 18 bridgehead atoms. The van der Waals surface area contributed by atoms with Gasteiger partial charge in [0.05, 0.1) is 81.9 Å². The van der Waals surface area contributed by atoms with Gasteiger partial charge >= 0.3 is 95.1 Å². The molecule has 25 nitrogen and oxygen atoms in total. The molecule has 0 radical (unpaired) electrons. The van der Waals surface area contributed by atoms with Crippen molar-refractivity contribution < 1.29 is 192 Å². The number of halogens is 16. The molecule has 20 saturated carbocycles. The summed E-state index contributed by atoms with van der Waals surface area (Å²) < 4.78 is 240. The minimum absolute atomic E-state index is 0.00646. The van der Waals surface area contributed by atoms with Gasteiger partial charge in [0.15, 0.2) is 0 Å². The first-order valence-corrected chi connectivity index (χ1v) is 49.9. The summed E-state index contributed by atoms with van der Waals surface area (Å²) >= 11 is 0. The van der Waals surface area contributed by atoms with E-state index in [1.807, 2.05) is 0 Å². The monoisotopic (exact) mass is 2040 g/mol. The van der Waals surface area contributed by atoms with E-state index in [1.54, 1.807) is 0 Å². The number of esters is 8. The first kappa shape index (κ1) is 116. The summed E-state index contributed by atoms with van der Waals surface area (Å²) in [6.45, 7) is 4.81. The molecule has 0 aliphatic heterocycles. The van der Waals surface area contributed by atoms with E-state index in [4.69, 9.17) is 24.4 Å². The van der Waals surface area contributed by atoms with Crippen molar-refractivity contribution in [3.8, 4) is 0 Å². The SMILES string of the molecule is CC(F)(F)C(=O)OCC12CC3CC(CC(CO)(C3)C1)C2.CC(F)(F)C(=O)OCC12CC3CC(CC(O)(C3)C1)C2.CC(F)(F)C(=O)OCC12CC3CC(O)(CC(O)(C3)C1)C2.CC(F)(F)C(=O)OCC1C2CCC(C2)C1CO.CC(F)(F)C(=O)OCC1CC2CC(O)C1C2.CC(F)(F)C(=O)OCC1CC2CC1CC2O.CC(F)(F)C(=O)OCC1CCCC(CO)C1.CC(F)(F)C(=O)OCC1CCCCC1CO. The number of hydrogen-bond donors (Lipinski definition) is 9. The van der Waals surface area contributed by atoms with Crippen LogP contribution >= 0.6 is 0 Å². The summed E-state index contributed by atoms with van der Waals surface area (Å²) in [5, 5.41) is 87.8. The third kappa shape index (κ3) is 31.4. The van der Waals surface area contributed by atoms with E-state index in [9.17, 15) is 144 Å². The normalized spacial score (nSPS) is 37.9. The Labute approximate surface area is 806 Å². The third-order valence-corrected chi connectivity index (χ3v) is 33.3. The highest BCUT2D eigenvalue weighted by molar-refractivity contribution is 5.80. The Kier molecular flexibility index (Phi) is 37.8. The number of aliphatic hydroxyl groups excluding tert-OH is 6. The van der Waals surface area contributed by atoms with Gasteiger partial charge in [-0.25, -0.2) is 38.4 Å². The van der Waals surface area contributed by atoms with Crippen LogP contribution in [-0.2, 0) is 76.3 Å². The van der Waals surface area contributed by atoms with Crippen molar-refractivity contribution >= 4 is 47.8 Å². The van der Waals surface area contributed by atoms with E-state index in [0.717, 1.165) is 180 Å². The smallest absolute Gasteiger partial charge is 0.376 e. The van der Waals surface area contributed by atoms with Crippen LogP contribution in [0.2, 0.25) is 0 Å². The van der Waals surface area contributed by atoms with Crippen molar-refractivity contribution in [1.29, 1.82) is 0 Å². The molecule has 0 aromatic heterocycles. The van der Waals surface area contributed by atoms with Crippen molar-refractivity contribution in [3.63, 3.8) is 0 Å². The molecule has 0 heterocycles. The van der Waals surface area contributed by atoms with Crippen LogP contribution in [0.1, 0.15) is 280 Å². The van der Waals surface area contributed by atoms with Gasteiger partial charge in [0.1, 0.15) is 0 Å². The summed E-state index contributed by atoms with van der Waals surface area (Å²) in [4.78, 5) is 88.1. The molecule has 0 spiro atoms. The molecule has 20 fully saturated rings. The molecule has 0 aromatic rings. The first-order valence-electron chi connectivity index (χ1n) is 49.9. The predicted molar refractivity (Wildman–Crippen MR) is 465 cm³/mol. The highest BCUT2D eigenvalue weighted by Crippen LogP contribution is 2.67. The average molecular weight is 2040 g/mol. The fraction of sp³-hybridized carbons (Fsp3) is 0.919. The molecule has 41 heteroatoms. The van der Waals surface area contributed by atoms with E-state index in [2.05, 4.69) is 23.7 Å². The Hall–Kier alpha value is -5.72. The summed E-state index contributed by atoms with van der Waals surface area (Å²) in [6.07, 6.45) is 29.3. The number of aliphatic hydroxyl groups is 9. The van der Waals surface area contributed by atoms with Gasteiger partial charge in [-0.05, 0) is 311 Å². The van der Waals surface area contributed by atoms with Gasteiger partial charge in [-0.1, -0.05) is 19.3 Å². The Morgan fingerprint density at radius 1 is 0.271 bits per heavy atom. The fourth-order valence-corrected chi connectivity index (χ4v) is 28.6. The number of carbonyl (C=O) groups excluding carboxylic acids is 8. The van der Waals surface area contributed by atoms with Crippen LogP contribution in [-0.4, -0.2) is 249 Å². The quantitative estimate of drug-likeness (QED) is 0.0200. The second-order valence-electron chi connectivity index (χ2n) is 46.6. The van der Waals surface area contributed by atoms with Crippen molar-refractivity contribution in [2.45, 2.75) is 357 Å². The molecule has 0 amide bonds. The molecule has 0 aromatic carbocycles. The largest absolute Gasteiger partial charge is 0.461 e. The standard InChI is InChI=1S/C15H22F2O3.C14H20F2O4.C14H20F2O3.C12H18F2O3.2C11H16F2O3.2C11H18F2O3/c1-13(16,17)12(19)20-9-15-5-10-2-11(6-15)4-14(3-10,7-15)8-18;1-11(15,16)10(17)20-8-12-2-9-3-13(18,5-12)7-14(19,4-9)6-12;1-12(15,16)11(17)19-8-13-3-9-2-10(4-13)6-14(18,5-9)7-13;1-12(13,14)11(16)17-6-10-8-3-2-7(4-8)9(10)5-15;1-11(12,13)10(15)16-5-8-3-7-2-6(8)4-9(7)14;1-11(12,13)10(15)16-5-7-2-6-3-8(7)9(14)4-6;1-11(12,13)10(15)16-7-9-4-2-3-8(5-9)6-14;1-11(12,13)10(15)16-7-9-5-3-2-4-8(9)6-14/h10-11,18H,2-9H2,1H3;9,18-19H,2-8H2,1H3;9-10,18H,2-8H2,1H3;7-10,15H,2-6H2,1H3;2*6-9,14H,2-5H2,1H3;2*8-9,14H,2-7H2,1H3. The fourth-order valence-electron chi connectivity index (χ4n) is 28.6. The van der Waals surface area contributed by atoms with E-state index in [0.29, 0.717) is 141 Å². The Morgan fingerprint density at radius 3 is 1.04 bits per heavy atom. The maximum atomic E-state index is 12.9. The number of fused-ring (bicyclic) bond motifs is 6. The van der Waals surface area contributed by atoms with Crippen LogP contribution in [0.3, 0.4) is 0 Å². The molecular formula is C99H148F16O25. The molecule has 0 saturated heterocycles. The number of alkyl halides is 16. The summed E-state index contributed by atoms with van der Waals surface area (Å²) in [7, 11) is 0. The lowest BCUT2D eigenvalue weighted by Crippen LogP contribution is -2.64. The van der Waals surface area contributed by atoms with Crippen LogP contribution in [0.15, 0.2) is 0 Å². The van der Waals surface area contributed by atoms with Gasteiger partial charge < -0.3 is 83.9 Å². The van der Waals surface area contributed by atoms with E-state index < -0.39 is 117 Å². The lowest BCUT2D eigenvalue weighted by Gasteiger charge is -2.62. The zero-order valence-corrected chi connectivity index (χ0v) is 81.5. The van der Waals surface area contributed by atoms with Gasteiger partial charge in [0.25, 0.3) is 0 Å². The Balaban J connectivity index is 0.000000165. The van der Waals surface area contributed by atoms with E-state index in [1.165, 1.54) is 6.42 Å². The van der Waals surface area contributed by atoms with Gasteiger partial charge in [-0.15, -0.1) is 0 Å². The van der Waals surface area contributed by atoms with Gasteiger partial charge in [0.2, 0.25) is 0 Å².